The number of hydrogen-bond donors (Lipinski definition) is 0. The molecule has 0 heterocycles. The van der Waals surface area contributed by atoms with Crippen molar-refractivity contribution in [2.24, 2.45) is 0 Å². The zero-order valence-corrected chi connectivity index (χ0v) is 12.4. The van der Waals surface area contributed by atoms with Crippen LogP contribution < -0.4 is 4.48 Å². The van der Waals surface area contributed by atoms with Gasteiger partial charge in [-0.15, -0.1) is 0 Å². The quantitative estimate of drug-likeness (QED) is 0.702. The summed E-state index contributed by atoms with van der Waals surface area (Å²) in [6, 6.07) is 18.8. The molecule has 2 aromatic carbocycles. The van der Waals surface area contributed by atoms with E-state index in [0.29, 0.717) is 0 Å². The van der Waals surface area contributed by atoms with Gasteiger partial charge in [0.05, 0.1) is 20.6 Å². The number of quaternary nitrogens is 1. The van der Waals surface area contributed by atoms with E-state index in [1.54, 1.807) is 0 Å². The first-order chi connectivity index (χ1) is 9.08. The number of halogens is 1. The molecule has 0 atom stereocenters. The Labute approximate surface area is 121 Å². The number of rotatable bonds is 5. The normalized spacial score (nSPS) is 11.5. The summed E-state index contributed by atoms with van der Waals surface area (Å²) in [6.45, 7) is 1.11. The zero-order valence-electron chi connectivity index (χ0n) is 11.6. The lowest BCUT2D eigenvalue weighted by Gasteiger charge is -2.29. The highest BCUT2D eigenvalue weighted by atomic mass is 35.5. The fourth-order valence-corrected chi connectivity index (χ4v) is 2.49. The van der Waals surface area contributed by atoms with Crippen LogP contribution in [0.15, 0.2) is 54.6 Å². The molecule has 0 unspecified atom stereocenters. The number of aryl methyl sites for hydroxylation is 1. The highest BCUT2D eigenvalue weighted by molar-refractivity contribution is 6.30. The molecule has 19 heavy (non-hydrogen) atoms. The molecule has 0 bridgehead atoms. The molecule has 0 aliphatic heterocycles. The van der Waals surface area contributed by atoms with Crippen LogP contribution in [0.2, 0.25) is 5.02 Å². The van der Waals surface area contributed by atoms with E-state index in [9.17, 15) is 0 Å². The topological polar surface area (TPSA) is 0 Å². The third kappa shape index (κ3) is 4.09. The Morgan fingerprint density at radius 2 is 1.68 bits per heavy atom. The number of hydrogen-bond acceptors (Lipinski definition) is 0. The van der Waals surface area contributed by atoms with Gasteiger partial charge in [0, 0.05) is 17.5 Å². The number of benzene rings is 2. The molecule has 0 amide bonds. The minimum atomic E-state index is 0.812. The van der Waals surface area contributed by atoms with Crippen molar-refractivity contribution in [3.8, 4) is 0 Å². The van der Waals surface area contributed by atoms with Crippen molar-refractivity contribution in [3.05, 3.63) is 65.2 Å². The number of nitrogens with zero attached hydrogens (tertiary/aromatic N) is 1. The first-order valence-electron chi connectivity index (χ1n) is 6.71. The average Bonchev–Trinajstić information content (AvgIpc) is 2.40. The average molecular weight is 275 g/mol. The van der Waals surface area contributed by atoms with E-state index in [4.69, 9.17) is 11.6 Å². The Hall–Kier alpha value is -1.31. The second kappa shape index (κ2) is 6.23. The van der Waals surface area contributed by atoms with E-state index in [0.717, 1.165) is 22.5 Å². The molecule has 0 saturated carbocycles. The van der Waals surface area contributed by atoms with Crippen LogP contribution in [0.4, 0.5) is 5.69 Å². The Balaban J connectivity index is 1.94. The predicted molar refractivity (Wildman–Crippen MR) is 84.7 cm³/mol. The van der Waals surface area contributed by atoms with Gasteiger partial charge in [0.25, 0.3) is 0 Å². The molecule has 0 N–H and O–H groups in total. The van der Waals surface area contributed by atoms with Gasteiger partial charge in [-0.3, -0.25) is 4.48 Å². The van der Waals surface area contributed by atoms with Gasteiger partial charge in [-0.25, -0.2) is 0 Å². The zero-order chi connectivity index (χ0) is 13.7. The van der Waals surface area contributed by atoms with Gasteiger partial charge < -0.3 is 0 Å². The molecular weight excluding hydrogens is 254 g/mol. The van der Waals surface area contributed by atoms with E-state index in [1.807, 2.05) is 12.1 Å². The largest absolute Gasteiger partial charge is 0.296 e. The first-order valence-corrected chi connectivity index (χ1v) is 7.09. The van der Waals surface area contributed by atoms with E-state index >= 15 is 0 Å². The molecule has 0 fully saturated rings. The molecule has 100 valence electrons. The summed E-state index contributed by atoms with van der Waals surface area (Å²) >= 11 is 6.07. The highest BCUT2D eigenvalue weighted by Gasteiger charge is 2.18. The van der Waals surface area contributed by atoms with Crippen LogP contribution >= 0.6 is 11.6 Å². The van der Waals surface area contributed by atoms with Crippen LogP contribution in [0.3, 0.4) is 0 Å². The van der Waals surface area contributed by atoms with E-state index in [1.165, 1.54) is 17.7 Å². The monoisotopic (exact) mass is 274 g/mol. The van der Waals surface area contributed by atoms with Crippen LogP contribution in [0, 0.1) is 0 Å². The van der Waals surface area contributed by atoms with E-state index in [2.05, 4.69) is 56.6 Å². The van der Waals surface area contributed by atoms with Gasteiger partial charge in [-0.2, -0.15) is 0 Å². The third-order valence-corrected chi connectivity index (χ3v) is 3.77. The minimum absolute atomic E-state index is 0.812. The maximum absolute atomic E-state index is 6.07. The summed E-state index contributed by atoms with van der Waals surface area (Å²) < 4.78 is 0.868. The van der Waals surface area contributed by atoms with Gasteiger partial charge in [-0.1, -0.05) is 48.0 Å². The highest BCUT2D eigenvalue weighted by Crippen LogP contribution is 2.23. The van der Waals surface area contributed by atoms with Crippen LogP contribution in [-0.2, 0) is 6.42 Å². The van der Waals surface area contributed by atoms with Gasteiger partial charge in [-0.05, 0) is 24.1 Å². The fourth-order valence-electron chi connectivity index (χ4n) is 2.30. The van der Waals surface area contributed by atoms with Crippen LogP contribution in [-0.4, -0.2) is 20.6 Å². The SMILES string of the molecule is C[N+](C)(CCCc1ccccc1)c1cccc(Cl)c1. The van der Waals surface area contributed by atoms with Crippen molar-refractivity contribution in [3.63, 3.8) is 0 Å². The Morgan fingerprint density at radius 3 is 2.37 bits per heavy atom. The Bertz CT molecular complexity index is 520. The van der Waals surface area contributed by atoms with E-state index < -0.39 is 0 Å². The lowest BCUT2D eigenvalue weighted by atomic mass is 10.1. The summed E-state index contributed by atoms with van der Waals surface area (Å²) in [6.07, 6.45) is 2.30. The predicted octanol–water partition coefficient (Wildman–Crippen LogP) is 4.54. The molecular formula is C17H21ClN+. The fraction of sp³-hybridized carbons (Fsp3) is 0.294. The Morgan fingerprint density at radius 1 is 0.947 bits per heavy atom. The smallest absolute Gasteiger partial charge is 0.133 e. The Kier molecular flexibility index (Phi) is 4.62. The molecule has 2 rings (SSSR count). The lowest BCUT2D eigenvalue weighted by molar-refractivity contribution is 0.390. The maximum atomic E-state index is 6.07. The summed E-state index contributed by atoms with van der Waals surface area (Å²) in [4.78, 5) is 0. The van der Waals surface area contributed by atoms with Gasteiger partial charge in [0.2, 0.25) is 0 Å². The summed E-state index contributed by atoms with van der Waals surface area (Å²) in [5, 5.41) is 0.812. The molecule has 0 aliphatic carbocycles. The van der Waals surface area contributed by atoms with Crippen molar-refractivity contribution < 1.29 is 0 Å². The van der Waals surface area contributed by atoms with Crippen LogP contribution in [0.25, 0.3) is 0 Å². The summed E-state index contributed by atoms with van der Waals surface area (Å²) in [5.41, 5.74) is 2.68. The van der Waals surface area contributed by atoms with Gasteiger partial charge in [0.15, 0.2) is 0 Å². The van der Waals surface area contributed by atoms with Crippen molar-refractivity contribution in [2.75, 3.05) is 20.6 Å². The lowest BCUT2D eigenvalue weighted by Crippen LogP contribution is -2.41. The van der Waals surface area contributed by atoms with Crippen molar-refractivity contribution in [2.45, 2.75) is 12.8 Å². The first kappa shape index (κ1) is 14.1. The van der Waals surface area contributed by atoms with Crippen molar-refractivity contribution in [1.29, 1.82) is 0 Å². The molecule has 0 spiro atoms. The molecule has 0 aliphatic rings. The summed E-state index contributed by atoms with van der Waals surface area (Å²) in [7, 11) is 4.47. The maximum Gasteiger partial charge on any atom is 0.133 e. The van der Waals surface area contributed by atoms with Gasteiger partial charge >= 0.3 is 0 Å². The molecule has 0 radical (unpaired) electrons. The second-order valence-corrected chi connectivity index (χ2v) is 5.91. The van der Waals surface area contributed by atoms with Crippen molar-refractivity contribution in [1.82, 2.24) is 4.48 Å². The molecule has 1 nitrogen and oxygen atoms in total. The standard InChI is InChI=1S/C17H21ClN/c1-19(2,17-12-6-11-16(18)14-17)13-7-10-15-8-4-3-5-9-15/h3-6,8-9,11-12,14H,7,10,13H2,1-2H3/q+1. The van der Waals surface area contributed by atoms with Gasteiger partial charge in [0.1, 0.15) is 5.69 Å². The van der Waals surface area contributed by atoms with Crippen LogP contribution in [0.1, 0.15) is 12.0 Å². The third-order valence-electron chi connectivity index (χ3n) is 3.53. The molecule has 0 aromatic heterocycles. The summed E-state index contributed by atoms with van der Waals surface area (Å²) in [5.74, 6) is 0. The molecule has 2 aromatic rings. The molecule has 2 heteroatoms. The van der Waals surface area contributed by atoms with E-state index in [-0.39, 0.29) is 0 Å². The van der Waals surface area contributed by atoms with Crippen LogP contribution in [0.5, 0.6) is 0 Å². The molecule has 0 saturated heterocycles. The minimum Gasteiger partial charge on any atom is -0.296 e. The van der Waals surface area contributed by atoms with Crippen molar-refractivity contribution >= 4 is 17.3 Å². The second-order valence-electron chi connectivity index (χ2n) is 5.48.